The average molecular weight is 171 g/mol. The molecule has 0 fully saturated rings. The Hall–Kier alpha value is -0.970. The van der Waals surface area contributed by atoms with Crippen LogP contribution in [0.15, 0.2) is 10.6 Å². The summed E-state index contributed by atoms with van der Waals surface area (Å²) in [5.74, 6) is 0.863. The van der Waals surface area contributed by atoms with Crippen molar-refractivity contribution in [3.63, 3.8) is 0 Å². The number of aromatic nitrogens is 1. The lowest BCUT2D eigenvalue weighted by Crippen LogP contribution is -2.12. The molecule has 1 N–H and O–H groups in total. The fourth-order valence-electron chi connectivity index (χ4n) is 0.604. The third-order valence-electron chi connectivity index (χ3n) is 1.03. The van der Waals surface area contributed by atoms with Gasteiger partial charge in [-0.25, -0.2) is 0 Å². The van der Waals surface area contributed by atoms with Crippen LogP contribution in [0.3, 0.4) is 0 Å². The van der Waals surface area contributed by atoms with E-state index in [1.54, 1.807) is 13.0 Å². The van der Waals surface area contributed by atoms with E-state index in [0.717, 1.165) is 0 Å². The molecule has 1 aromatic rings. The van der Waals surface area contributed by atoms with Gasteiger partial charge in [0.05, 0.1) is 5.75 Å². The van der Waals surface area contributed by atoms with E-state index in [-0.39, 0.29) is 11.7 Å². The fraction of sp³-hybridized carbons (Fsp3) is 0.333. The molecular formula is C6H7N2O2S. The first-order valence-corrected chi connectivity index (χ1v) is 3.61. The standard InChI is InChI=1S/C6H7N2O2S/c1-4-2-5(8-10-4)7-6(9)3-11/h2H,3H2,1H3,(H,7,8,9). The molecule has 59 valence electrons. The maximum atomic E-state index is 10.7. The summed E-state index contributed by atoms with van der Waals surface area (Å²) in [4.78, 5) is 10.7. The second-order valence-electron chi connectivity index (χ2n) is 2.02. The molecule has 0 aromatic carbocycles. The van der Waals surface area contributed by atoms with E-state index in [4.69, 9.17) is 4.52 Å². The summed E-state index contributed by atoms with van der Waals surface area (Å²) < 4.78 is 4.71. The van der Waals surface area contributed by atoms with Crippen LogP contribution in [0.4, 0.5) is 5.82 Å². The lowest BCUT2D eigenvalue weighted by molar-refractivity contribution is -0.113. The topological polar surface area (TPSA) is 55.1 Å². The van der Waals surface area contributed by atoms with Gasteiger partial charge < -0.3 is 9.84 Å². The molecule has 11 heavy (non-hydrogen) atoms. The number of rotatable bonds is 2. The number of anilines is 1. The SMILES string of the molecule is Cc1cc(NC(=O)C[S])no1. The number of nitrogens with one attached hydrogen (secondary N) is 1. The van der Waals surface area contributed by atoms with Crippen LogP contribution in [-0.2, 0) is 4.79 Å². The largest absolute Gasteiger partial charge is 0.360 e. The Kier molecular flexibility index (Phi) is 2.53. The fourth-order valence-corrected chi connectivity index (χ4v) is 0.676. The van der Waals surface area contributed by atoms with Crippen LogP contribution in [-0.4, -0.2) is 16.8 Å². The molecule has 5 heteroatoms. The van der Waals surface area contributed by atoms with E-state index in [1.807, 2.05) is 0 Å². The van der Waals surface area contributed by atoms with Crippen LogP contribution in [0.1, 0.15) is 5.76 Å². The zero-order valence-electron chi connectivity index (χ0n) is 5.96. The molecule has 1 heterocycles. The molecule has 1 aromatic heterocycles. The second kappa shape index (κ2) is 3.43. The molecule has 1 radical (unpaired) electrons. The number of amides is 1. The van der Waals surface area contributed by atoms with Gasteiger partial charge in [0.25, 0.3) is 0 Å². The van der Waals surface area contributed by atoms with Gasteiger partial charge in [0.15, 0.2) is 5.82 Å². The molecular weight excluding hydrogens is 164 g/mol. The minimum atomic E-state index is -0.242. The van der Waals surface area contributed by atoms with Crippen LogP contribution >= 0.6 is 12.6 Å². The summed E-state index contributed by atoms with van der Waals surface area (Å²) in [5, 5.41) is 6.01. The molecule has 1 rings (SSSR count). The van der Waals surface area contributed by atoms with Crippen molar-refractivity contribution >= 4 is 24.4 Å². The van der Waals surface area contributed by atoms with Crippen molar-refractivity contribution in [2.45, 2.75) is 6.92 Å². The van der Waals surface area contributed by atoms with Gasteiger partial charge in [-0.1, -0.05) is 17.8 Å². The van der Waals surface area contributed by atoms with Crippen molar-refractivity contribution in [2.24, 2.45) is 0 Å². The molecule has 4 nitrogen and oxygen atoms in total. The number of carbonyl (C=O) groups is 1. The quantitative estimate of drug-likeness (QED) is 0.725. The van der Waals surface area contributed by atoms with Crippen LogP contribution in [0.5, 0.6) is 0 Å². The number of aryl methyl sites for hydroxylation is 1. The zero-order chi connectivity index (χ0) is 8.27. The minimum Gasteiger partial charge on any atom is -0.360 e. The summed E-state index contributed by atoms with van der Waals surface area (Å²) in [6.07, 6.45) is 0. The minimum absolute atomic E-state index is 0.0336. The van der Waals surface area contributed by atoms with Crippen LogP contribution in [0, 0.1) is 6.92 Å². The van der Waals surface area contributed by atoms with Crippen molar-refractivity contribution in [3.8, 4) is 0 Å². The second-order valence-corrected chi connectivity index (χ2v) is 2.30. The van der Waals surface area contributed by atoms with E-state index in [9.17, 15) is 4.79 Å². The Balaban J connectivity index is 2.57. The predicted octanol–water partition coefficient (Wildman–Crippen LogP) is 1.12. The highest BCUT2D eigenvalue weighted by Gasteiger charge is 2.02. The Bertz CT molecular complexity index is 259. The van der Waals surface area contributed by atoms with Crippen molar-refractivity contribution in [2.75, 3.05) is 11.1 Å². The van der Waals surface area contributed by atoms with Gasteiger partial charge in [0, 0.05) is 6.07 Å². The van der Waals surface area contributed by atoms with Crippen molar-refractivity contribution in [3.05, 3.63) is 11.8 Å². The van der Waals surface area contributed by atoms with Crippen molar-refractivity contribution in [1.82, 2.24) is 5.16 Å². The van der Waals surface area contributed by atoms with Crippen LogP contribution in [0.25, 0.3) is 0 Å². The Morgan fingerprint density at radius 3 is 3.09 bits per heavy atom. The normalized spacial score (nSPS) is 9.64. The highest BCUT2D eigenvalue weighted by atomic mass is 32.1. The summed E-state index contributed by atoms with van der Waals surface area (Å²) in [7, 11) is 0. The lowest BCUT2D eigenvalue weighted by Gasteiger charge is -1.93. The van der Waals surface area contributed by atoms with E-state index < -0.39 is 0 Å². The third-order valence-corrected chi connectivity index (χ3v) is 1.29. The summed E-state index contributed by atoms with van der Waals surface area (Å²) in [6.45, 7) is 1.75. The van der Waals surface area contributed by atoms with Crippen LogP contribution < -0.4 is 5.32 Å². The maximum absolute atomic E-state index is 10.7. The Morgan fingerprint density at radius 1 is 1.91 bits per heavy atom. The highest BCUT2D eigenvalue weighted by Crippen LogP contribution is 2.06. The average Bonchev–Trinajstić information content (AvgIpc) is 2.35. The Morgan fingerprint density at radius 2 is 2.64 bits per heavy atom. The Labute approximate surface area is 69.4 Å². The molecule has 0 saturated heterocycles. The highest BCUT2D eigenvalue weighted by molar-refractivity contribution is 7.81. The molecule has 0 atom stereocenters. The van der Waals surface area contributed by atoms with Gasteiger partial charge in [-0.3, -0.25) is 4.79 Å². The first-order chi connectivity index (χ1) is 5.22. The molecule has 0 spiro atoms. The summed E-state index contributed by atoms with van der Waals surface area (Å²) >= 11 is 4.51. The van der Waals surface area contributed by atoms with Gasteiger partial charge >= 0.3 is 0 Å². The van der Waals surface area contributed by atoms with Gasteiger partial charge in [-0.15, -0.1) is 0 Å². The van der Waals surface area contributed by atoms with Gasteiger partial charge in [0.1, 0.15) is 5.76 Å². The summed E-state index contributed by atoms with van der Waals surface area (Å²) in [6, 6.07) is 1.63. The summed E-state index contributed by atoms with van der Waals surface area (Å²) in [5.41, 5.74) is 0. The lowest BCUT2D eigenvalue weighted by atomic mass is 10.5. The smallest absolute Gasteiger partial charge is 0.236 e. The van der Waals surface area contributed by atoms with Gasteiger partial charge in [-0.05, 0) is 6.92 Å². The molecule has 0 aliphatic heterocycles. The molecule has 0 saturated carbocycles. The number of nitrogens with zero attached hydrogens (tertiary/aromatic N) is 1. The van der Waals surface area contributed by atoms with E-state index in [0.29, 0.717) is 11.6 Å². The third kappa shape index (κ3) is 2.27. The molecule has 0 aliphatic carbocycles. The predicted molar refractivity (Wildman–Crippen MR) is 42.3 cm³/mol. The molecule has 0 unspecified atom stereocenters. The van der Waals surface area contributed by atoms with Crippen molar-refractivity contribution < 1.29 is 9.32 Å². The maximum Gasteiger partial charge on any atom is 0.236 e. The van der Waals surface area contributed by atoms with E-state index in [1.165, 1.54) is 0 Å². The molecule has 1 amide bonds. The number of carbonyl (C=O) groups excluding carboxylic acids is 1. The van der Waals surface area contributed by atoms with Gasteiger partial charge in [0.2, 0.25) is 5.91 Å². The number of hydrogen-bond acceptors (Lipinski definition) is 3. The van der Waals surface area contributed by atoms with E-state index >= 15 is 0 Å². The van der Waals surface area contributed by atoms with E-state index in [2.05, 4.69) is 23.1 Å². The van der Waals surface area contributed by atoms with Crippen molar-refractivity contribution in [1.29, 1.82) is 0 Å². The first kappa shape index (κ1) is 8.13. The zero-order valence-corrected chi connectivity index (χ0v) is 6.77. The first-order valence-electron chi connectivity index (χ1n) is 3.03. The number of hydrogen-bond donors (Lipinski definition) is 1. The van der Waals surface area contributed by atoms with Gasteiger partial charge in [-0.2, -0.15) is 0 Å². The van der Waals surface area contributed by atoms with Crippen LogP contribution in [0.2, 0.25) is 0 Å². The molecule has 0 aliphatic rings. The monoisotopic (exact) mass is 171 g/mol. The molecule has 0 bridgehead atoms.